The van der Waals surface area contributed by atoms with Gasteiger partial charge in [-0.15, -0.1) is 0 Å². The van der Waals surface area contributed by atoms with Gasteiger partial charge in [0.2, 0.25) is 0 Å². The van der Waals surface area contributed by atoms with Crippen molar-refractivity contribution in [1.82, 2.24) is 9.80 Å². The number of urea groups is 1. The summed E-state index contributed by atoms with van der Waals surface area (Å²) in [6, 6.07) is -0.229. The van der Waals surface area contributed by atoms with Gasteiger partial charge in [-0.1, -0.05) is 19.3 Å². The first-order chi connectivity index (χ1) is 10.1. The zero-order valence-electron chi connectivity index (χ0n) is 12.7. The quantitative estimate of drug-likeness (QED) is 0.691. The van der Waals surface area contributed by atoms with E-state index < -0.39 is 5.97 Å². The van der Waals surface area contributed by atoms with Crippen molar-refractivity contribution in [1.29, 1.82) is 0 Å². The molecule has 0 aromatic rings. The Labute approximate surface area is 125 Å². The minimum Gasteiger partial charge on any atom is -0.480 e. The highest BCUT2D eigenvalue weighted by atomic mass is 16.5. The molecule has 0 saturated heterocycles. The summed E-state index contributed by atoms with van der Waals surface area (Å²) in [6.45, 7) is 0.295. The summed E-state index contributed by atoms with van der Waals surface area (Å²) in [7, 11) is 1.51. The van der Waals surface area contributed by atoms with E-state index in [1.807, 2.05) is 0 Å². The highest BCUT2D eigenvalue weighted by Crippen LogP contribution is 2.23. The molecule has 0 spiro atoms. The van der Waals surface area contributed by atoms with Crippen LogP contribution < -0.4 is 0 Å². The van der Waals surface area contributed by atoms with Crippen molar-refractivity contribution in [3.8, 4) is 0 Å². The second-order valence-corrected chi connectivity index (χ2v) is 5.30. The summed E-state index contributed by atoms with van der Waals surface area (Å²) in [6.07, 6.45) is 5.13. The molecule has 1 aliphatic rings. The van der Waals surface area contributed by atoms with Crippen molar-refractivity contribution in [2.75, 3.05) is 40.0 Å². The van der Waals surface area contributed by atoms with Gasteiger partial charge in [-0.3, -0.25) is 4.79 Å². The molecule has 0 radical (unpaired) electrons. The molecule has 0 aromatic heterocycles. The van der Waals surface area contributed by atoms with E-state index in [4.69, 9.17) is 9.84 Å². The number of hydrogen-bond donors (Lipinski definition) is 2. The normalized spacial score (nSPS) is 15.7. The number of carboxylic acid groups (broad SMARTS) is 1. The van der Waals surface area contributed by atoms with Gasteiger partial charge in [0.1, 0.15) is 6.54 Å². The van der Waals surface area contributed by atoms with Crippen molar-refractivity contribution in [3.63, 3.8) is 0 Å². The SMILES string of the molecule is COCCN(CC(=O)O)C(=O)N(CCO)C1CCCCC1. The molecule has 1 aliphatic carbocycles. The first kappa shape index (κ1) is 17.7. The number of ether oxygens (including phenoxy) is 1. The average molecular weight is 302 g/mol. The monoisotopic (exact) mass is 302 g/mol. The summed E-state index contributed by atoms with van der Waals surface area (Å²) >= 11 is 0. The number of nitrogens with zero attached hydrogens (tertiary/aromatic N) is 2. The number of rotatable bonds is 8. The molecule has 21 heavy (non-hydrogen) atoms. The zero-order valence-corrected chi connectivity index (χ0v) is 12.7. The zero-order chi connectivity index (χ0) is 15.7. The predicted molar refractivity (Wildman–Crippen MR) is 77.1 cm³/mol. The van der Waals surface area contributed by atoms with E-state index in [0.29, 0.717) is 0 Å². The summed E-state index contributed by atoms with van der Waals surface area (Å²) in [5.41, 5.74) is 0. The molecular weight excluding hydrogens is 276 g/mol. The Bertz CT molecular complexity index is 331. The molecule has 7 heteroatoms. The fraction of sp³-hybridized carbons (Fsp3) is 0.857. The second-order valence-electron chi connectivity index (χ2n) is 5.30. The van der Waals surface area contributed by atoms with Crippen LogP contribution >= 0.6 is 0 Å². The van der Waals surface area contributed by atoms with Crippen LogP contribution in [0.15, 0.2) is 0 Å². The first-order valence-electron chi connectivity index (χ1n) is 7.47. The topological polar surface area (TPSA) is 90.3 Å². The molecule has 0 atom stereocenters. The summed E-state index contributed by atoms with van der Waals surface area (Å²) in [4.78, 5) is 26.4. The smallest absolute Gasteiger partial charge is 0.323 e. The lowest BCUT2D eigenvalue weighted by Gasteiger charge is -2.37. The van der Waals surface area contributed by atoms with Gasteiger partial charge in [0.15, 0.2) is 0 Å². The third-order valence-corrected chi connectivity index (χ3v) is 3.76. The number of amides is 2. The van der Waals surface area contributed by atoms with Gasteiger partial charge in [-0.05, 0) is 12.8 Å². The Kier molecular flexibility index (Phi) is 8.07. The molecule has 0 aliphatic heterocycles. The number of hydrogen-bond acceptors (Lipinski definition) is 4. The van der Waals surface area contributed by atoms with Crippen LogP contribution in [0.2, 0.25) is 0 Å². The number of carbonyl (C=O) groups is 2. The standard InChI is InChI=1S/C14H26N2O5/c1-21-10-8-15(11-13(18)19)14(20)16(7-9-17)12-5-3-2-4-6-12/h12,17H,2-11H2,1H3,(H,18,19). The molecular formula is C14H26N2O5. The van der Waals surface area contributed by atoms with Crippen molar-refractivity contribution < 1.29 is 24.5 Å². The number of aliphatic hydroxyl groups excluding tert-OH is 1. The summed E-state index contributed by atoms with van der Waals surface area (Å²) < 4.78 is 4.93. The van der Waals surface area contributed by atoms with E-state index in [9.17, 15) is 14.7 Å². The van der Waals surface area contributed by atoms with Crippen LogP contribution in [0.1, 0.15) is 32.1 Å². The lowest BCUT2D eigenvalue weighted by atomic mass is 9.94. The van der Waals surface area contributed by atoms with Gasteiger partial charge >= 0.3 is 12.0 Å². The van der Waals surface area contributed by atoms with Gasteiger partial charge in [0, 0.05) is 26.2 Å². The summed E-state index contributed by atoms with van der Waals surface area (Å²) in [5.74, 6) is -1.05. The van der Waals surface area contributed by atoms with Crippen LogP contribution in [0.5, 0.6) is 0 Å². The number of carboxylic acids is 1. The fourth-order valence-corrected chi connectivity index (χ4v) is 2.72. The van der Waals surface area contributed by atoms with Crippen molar-refractivity contribution in [2.24, 2.45) is 0 Å². The molecule has 0 aromatic carbocycles. The van der Waals surface area contributed by atoms with Crippen LogP contribution in [0.4, 0.5) is 4.79 Å². The second kappa shape index (κ2) is 9.57. The van der Waals surface area contributed by atoms with Crippen LogP contribution in [-0.4, -0.2) is 78.0 Å². The van der Waals surface area contributed by atoms with Gasteiger partial charge in [0.25, 0.3) is 0 Å². The highest BCUT2D eigenvalue weighted by Gasteiger charge is 2.29. The van der Waals surface area contributed by atoms with Crippen LogP contribution in [0.25, 0.3) is 0 Å². The van der Waals surface area contributed by atoms with Gasteiger partial charge in [-0.2, -0.15) is 0 Å². The Morgan fingerprint density at radius 2 is 1.86 bits per heavy atom. The first-order valence-corrected chi connectivity index (χ1v) is 7.47. The maximum absolute atomic E-state index is 12.6. The van der Waals surface area contributed by atoms with E-state index in [1.54, 1.807) is 4.90 Å². The number of methoxy groups -OCH3 is 1. The van der Waals surface area contributed by atoms with Crippen LogP contribution in [0.3, 0.4) is 0 Å². The average Bonchev–Trinajstić information content (AvgIpc) is 2.49. The van der Waals surface area contributed by atoms with Crippen LogP contribution in [0, 0.1) is 0 Å². The minimum atomic E-state index is -1.05. The molecule has 0 bridgehead atoms. The molecule has 2 amide bonds. The molecule has 7 nitrogen and oxygen atoms in total. The summed E-state index contributed by atoms with van der Waals surface area (Å²) in [5, 5.41) is 18.2. The van der Waals surface area contributed by atoms with Crippen LogP contribution in [-0.2, 0) is 9.53 Å². The predicted octanol–water partition coefficient (Wildman–Crippen LogP) is 0.766. The van der Waals surface area contributed by atoms with Gasteiger partial charge < -0.3 is 24.7 Å². The fourth-order valence-electron chi connectivity index (χ4n) is 2.72. The molecule has 1 saturated carbocycles. The Balaban J connectivity index is 2.75. The van der Waals surface area contributed by atoms with Crippen molar-refractivity contribution >= 4 is 12.0 Å². The van der Waals surface area contributed by atoms with E-state index in [2.05, 4.69) is 0 Å². The van der Waals surface area contributed by atoms with Gasteiger partial charge in [-0.25, -0.2) is 4.79 Å². The maximum Gasteiger partial charge on any atom is 0.323 e. The Morgan fingerprint density at radius 1 is 1.19 bits per heavy atom. The minimum absolute atomic E-state index is 0.0947. The molecule has 122 valence electrons. The van der Waals surface area contributed by atoms with Gasteiger partial charge in [0.05, 0.1) is 13.2 Å². The number of aliphatic carboxylic acids is 1. The molecule has 0 heterocycles. The largest absolute Gasteiger partial charge is 0.480 e. The molecule has 2 N–H and O–H groups in total. The molecule has 1 rings (SSSR count). The van der Waals surface area contributed by atoms with Crippen molar-refractivity contribution in [3.05, 3.63) is 0 Å². The highest BCUT2D eigenvalue weighted by molar-refractivity contribution is 5.80. The lowest BCUT2D eigenvalue weighted by Crippen LogP contribution is -2.51. The third-order valence-electron chi connectivity index (χ3n) is 3.76. The van der Waals surface area contributed by atoms with Crippen molar-refractivity contribution in [2.45, 2.75) is 38.1 Å². The lowest BCUT2D eigenvalue weighted by molar-refractivity contribution is -0.137. The Morgan fingerprint density at radius 3 is 2.38 bits per heavy atom. The third kappa shape index (κ3) is 5.89. The molecule has 0 unspecified atom stereocenters. The Hall–Kier alpha value is -1.34. The number of aliphatic hydroxyl groups is 1. The molecule has 1 fully saturated rings. The van der Waals surface area contributed by atoms with E-state index in [1.165, 1.54) is 18.4 Å². The maximum atomic E-state index is 12.6. The number of carbonyl (C=O) groups excluding carboxylic acids is 1. The van der Waals surface area contributed by atoms with E-state index >= 15 is 0 Å². The van der Waals surface area contributed by atoms with E-state index in [-0.39, 0.29) is 44.9 Å². The van der Waals surface area contributed by atoms with E-state index in [0.717, 1.165) is 25.7 Å².